The van der Waals surface area contributed by atoms with Crippen molar-refractivity contribution in [3.05, 3.63) is 28.0 Å². The molecule has 20 heavy (non-hydrogen) atoms. The number of carbonyl (C=O) groups excluding carboxylic acids is 1. The summed E-state index contributed by atoms with van der Waals surface area (Å²) in [7, 11) is 0. The number of halogens is 3. The van der Waals surface area contributed by atoms with Gasteiger partial charge in [-0.15, -0.1) is 0 Å². The number of amides is 2. The maximum absolute atomic E-state index is 13.0. The maximum Gasteiger partial charge on any atom is 0.326 e. The smallest absolute Gasteiger partial charge is 0.326 e. The molecule has 0 radical (unpaired) electrons. The first-order chi connectivity index (χ1) is 9.40. The third-order valence-corrected chi connectivity index (χ3v) is 3.63. The van der Waals surface area contributed by atoms with Crippen LogP contribution in [0.4, 0.5) is 14.9 Å². The molecule has 5 nitrogen and oxygen atoms in total. The summed E-state index contributed by atoms with van der Waals surface area (Å²) in [5, 5.41) is 11.4. The van der Waals surface area contributed by atoms with Gasteiger partial charge in [0.05, 0.1) is 15.7 Å². The quantitative estimate of drug-likeness (QED) is 0.879. The number of carbonyl (C=O) groups is 2. The van der Waals surface area contributed by atoms with Crippen LogP contribution in [0, 0.1) is 5.82 Å². The van der Waals surface area contributed by atoms with E-state index in [0.717, 1.165) is 12.1 Å². The highest BCUT2D eigenvalue weighted by Gasteiger charge is 2.34. The van der Waals surface area contributed by atoms with Crippen LogP contribution in [0.1, 0.15) is 12.8 Å². The number of nitrogens with one attached hydrogen (secondary N) is 1. The van der Waals surface area contributed by atoms with Gasteiger partial charge in [-0.25, -0.2) is 14.0 Å². The zero-order valence-electron chi connectivity index (χ0n) is 10.2. The monoisotopic (exact) mass is 320 g/mol. The highest BCUT2D eigenvalue weighted by Crippen LogP contribution is 2.32. The third-order valence-electron chi connectivity index (χ3n) is 3.04. The highest BCUT2D eigenvalue weighted by atomic mass is 35.5. The number of benzene rings is 1. The summed E-state index contributed by atoms with van der Waals surface area (Å²) in [5.41, 5.74) is 0.0655. The topological polar surface area (TPSA) is 69.6 Å². The summed E-state index contributed by atoms with van der Waals surface area (Å²) in [4.78, 5) is 24.3. The molecule has 0 bridgehead atoms. The Hall–Kier alpha value is -1.53. The zero-order valence-corrected chi connectivity index (χ0v) is 11.7. The molecule has 108 valence electrons. The molecule has 0 saturated carbocycles. The lowest BCUT2D eigenvalue weighted by Gasteiger charge is -2.22. The molecule has 1 atom stereocenters. The van der Waals surface area contributed by atoms with E-state index in [0.29, 0.717) is 19.4 Å². The largest absolute Gasteiger partial charge is 0.480 e. The predicted octanol–water partition coefficient (Wildman–Crippen LogP) is 3.21. The molecule has 2 N–H and O–H groups in total. The number of likely N-dealkylation sites (tertiary alicyclic amines) is 1. The first kappa shape index (κ1) is 14.9. The summed E-state index contributed by atoms with van der Waals surface area (Å²) >= 11 is 11.6. The van der Waals surface area contributed by atoms with Crippen LogP contribution in [0.5, 0.6) is 0 Å². The van der Waals surface area contributed by atoms with Gasteiger partial charge < -0.3 is 15.3 Å². The number of carboxylic acid groups (broad SMARTS) is 1. The molecule has 2 amide bonds. The van der Waals surface area contributed by atoms with Crippen molar-refractivity contribution in [1.29, 1.82) is 0 Å². The molecule has 0 aliphatic carbocycles. The van der Waals surface area contributed by atoms with Crippen LogP contribution in [-0.4, -0.2) is 34.6 Å². The number of rotatable bonds is 2. The molecular formula is C12H11Cl2FN2O3. The number of nitrogens with zero attached hydrogens (tertiary/aromatic N) is 1. The second-order valence-electron chi connectivity index (χ2n) is 4.36. The van der Waals surface area contributed by atoms with Crippen molar-refractivity contribution in [2.75, 3.05) is 11.9 Å². The highest BCUT2D eigenvalue weighted by molar-refractivity contribution is 6.39. The van der Waals surface area contributed by atoms with Gasteiger partial charge >= 0.3 is 12.0 Å². The number of aliphatic carboxylic acids is 1. The fourth-order valence-electron chi connectivity index (χ4n) is 2.11. The van der Waals surface area contributed by atoms with Crippen LogP contribution in [0.15, 0.2) is 12.1 Å². The lowest BCUT2D eigenvalue weighted by Crippen LogP contribution is -2.42. The Bertz CT molecular complexity index is 545. The molecule has 1 saturated heterocycles. The summed E-state index contributed by atoms with van der Waals surface area (Å²) in [6, 6.07) is 0.543. The normalized spacial score (nSPS) is 18.1. The number of anilines is 1. The molecule has 0 aromatic heterocycles. The van der Waals surface area contributed by atoms with Crippen molar-refractivity contribution in [2.24, 2.45) is 0 Å². The van der Waals surface area contributed by atoms with E-state index in [4.69, 9.17) is 28.3 Å². The molecule has 1 aromatic carbocycles. The average molecular weight is 321 g/mol. The van der Waals surface area contributed by atoms with Crippen molar-refractivity contribution in [3.8, 4) is 0 Å². The second-order valence-corrected chi connectivity index (χ2v) is 5.18. The number of carboxylic acids is 1. The van der Waals surface area contributed by atoms with Crippen molar-refractivity contribution >= 4 is 40.9 Å². The summed E-state index contributed by atoms with van der Waals surface area (Å²) < 4.78 is 13.0. The Morgan fingerprint density at radius 1 is 1.35 bits per heavy atom. The fraction of sp³-hybridized carbons (Fsp3) is 0.333. The lowest BCUT2D eigenvalue weighted by atomic mass is 10.2. The molecule has 1 fully saturated rings. The van der Waals surface area contributed by atoms with E-state index in [-0.39, 0.29) is 15.7 Å². The van der Waals surface area contributed by atoms with Crippen molar-refractivity contribution in [2.45, 2.75) is 18.9 Å². The van der Waals surface area contributed by atoms with E-state index in [1.165, 1.54) is 4.90 Å². The minimum absolute atomic E-state index is 0.0468. The van der Waals surface area contributed by atoms with Crippen molar-refractivity contribution < 1.29 is 19.1 Å². The fourth-order valence-corrected chi connectivity index (χ4v) is 2.66. The molecule has 1 aromatic rings. The molecule has 8 heteroatoms. The zero-order chi connectivity index (χ0) is 14.9. The Labute approximate surface area is 124 Å². The van der Waals surface area contributed by atoms with Gasteiger partial charge in [0.2, 0.25) is 0 Å². The summed E-state index contributed by atoms with van der Waals surface area (Å²) in [5.74, 6) is -1.68. The molecule has 1 heterocycles. The molecule has 1 aliphatic heterocycles. The minimum atomic E-state index is -1.06. The van der Waals surface area contributed by atoms with E-state index in [9.17, 15) is 14.0 Å². The van der Waals surface area contributed by atoms with E-state index in [1.54, 1.807) is 0 Å². The molecular weight excluding hydrogens is 310 g/mol. The van der Waals surface area contributed by atoms with E-state index in [1.807, 2.05) is 0 Å². The SMILES string of the molecule is O=C(O)[C@@H]1CCCN1C(=O)Nc1c(Cl)cc(F)cc1Cl. The van der Waals surface area contributed by atoms with Gasteiger partial charge in [-0.05, 0) is 25.0 Å². The molecule has 2 rings (SSSR count). The minimum Gasteiger partial charge on any atom is -0.480 e. The van der Waals surface area contributed by atoms with Crippen LogP contribution in [0.2, 0.25) is 10.0 Å². The van der Waals surface area contributed by atoms with Gasteiger partial charge in [0.15, 0.2) is 0 Å². The molecule has 0 unspecified atom stereocenters. The van der Waals surface area contributed by atoms with Crippen LogP contribution in [0.25, 0.3) is 0 Å². The summed E-state index contributed by atoms with van der Waals surface area (Å²) in [6.45, 7) is 0.333. The van der Waals surface area contributed by atoms with Crippen LogP contribution in [-0.2, 0) is 4.79 Å². The van der Waals surface area contributed by atoms with Crippen molar-refractivity contribution in [1.82, 2.24) is 4.90 Å². The van der Waals surface area contributed by atoms with E-state index < -0.39 is 23.9 Å². The average Bonchev–Trinajstić information content (AvgIpc) is 2.82. The molecule has 1 aliphatic rings. The van der Waals surface area contributed by atoms with E-state index >= 15 is 0 Å². The van der Waals surface area contributed by atoms with Gasteiger partial charge in [-0.3, -0.25) is 0 Å². The second kappa shape index (κ2) is 5.85. The van der Waals surface area contributed by atoms with Gasteiger partial charge in [0.25, 0.3) is 0 Å². The van der Waals surface area contributed by atoms with Gasteiger partial charge in [0, 0.05) is 6.54 Å². The molecule has 0 spiro atoms. The number of urea groups is 1. The predicted molar refractivity (Wildman–Crippen MR) is 72.8 cm³/mol. The Morgan fingerprint density at radius 2 is 1.95 bits per heavy atom. The standard InChI is InChI=1S/C12H11Cl2FN2O3/c13-7-4-6(15)5-8(14)10(7)16-12(20)17-3-1-2-9(17)11(18)19/h4-5,9H,1-3H2,(H,16,20)(H,18,19)/t9-/m0/s1. The van der Waals surface area contributed by atoms with Gasteiger partial charge in [-0.2, -0.15) is 0 Å². The first-order valence-corrected chi connectivity index (χ1v) is 6.60. The third kappa shape index (κ3) is 2.96. The Kier molecular flexibility index (Phi) is 4.35. The lowest BCUT2D eigenvalue weighted by molar-refractivity contribution is -0.141. The Balaban J connectivity index is 2.18. The van der Waals surface area contributed by atoms with Crippen LogP contribution >= 0.6 is 23.2 Å². The van der Waals surface area contributed by atoms with Gasteiger partial charge in [-0.1, -0.05) is 23.2 Å². The van der Waals surface area contributed by atoms with E-state index in [2.05, 4.69) is 5.32 Å². The Morgan fingerprint density at radius 3 is 2.50 bits per heavy atom. The van der Waals surface area contributed by atoms with Gasteiger partial charge in [0.1, 0.15) is 11.9 Å². The van der Waals surface area contributed by atoms with Crippen molar-refractivity contribution in [3.63, 3.8) is 0 Å². The number of hydrogen-bond acceptors (Lipinski definition) is 2. The number of hydrogen-bond donors (Lipinski definition) is 2. The maximum atomic E-state index is 13.0. The summed E-state index contributed by atoms with van der Waals surface area (Å²) in [6.07, 6.45) is 1.00. The van der Waals surface area contributed by atoms with Crippen LogP contribution < -0.4 is 5.32 Å². The first-order valence-electron chi connectivity index (χ1n) is 5.85. The van der Waals surface area contributed by atoms with Crippen LogP contribution in [0.3, 0.4) is 0 Å².